The Kier molecular flexibility index (Phi) is 7.77. The molecule has 3 rings (SSSR count). The number of carbonyl (C=O) groups excluding carboxylic acids is 1. The third-order valence-corrected chi connectivity index (χ3v) is 4.67. The first-order valence-corrected chi connectivity index (χ1v) is 10.1. The van der Waals surface area contributed by atoms with E-state index >= 15 is 0 Å². The summed E-state index contributed by atoms with van der Waals surface area (Å²) in [5.41, 5.74) is 1.40. The average molecular weight is 452 g/mol. The van der Waals surface area contributed by atoms with Gasteiger partial charge in [-0.15, -0.1) is 0 Å². The first kappa shape index (κ1) is 23.5. The number of aliphatic hydroxyl groups is 1. The number of rotatable bonds is 10. The fourth-order valence-electron chi connectivity index (χ4n) is 3.07. The van der Waals surface area contributed by atoms with E-state index in [-0.39, 0.29) is 41.9 Å². The van der Waals surface area contributed by atoms with Crippen molar-refractivity contribution in [3.63, 3.8) is 0 Å². The van der Waals surface area contributed by atoms with E-state index in [1.54, 1.807) is 13.0 Å². The topological polar surface area (TPSA) is 143 Å². The molecule has 1 heterocycles. The summed E-state index contributed by atoms with van der Waals surface area (Å²) >= 11 is 0. The van der Waals surface area contributed by atoms with Crippen LogP contribution in [0.1, 0.15) is 39.2 Å². The Morgan fingerprint density at radius 2 is 1.88 bits per heavy atom. The summed E-state index contributed by atoms with van der Waals surface area (Å²) in [6.45, 7) is 1.62. The van der Waals surface area contributed by atoms with Gasteiger partial charge in [0.15, 0.2) is 0 Å². The molecular formula is C23H24N4O6. The third kappa shape index (κ3) is 5.74. The van der Waals surface area contributed by atoms with Crippen molar-refractivity contribution in [2.75, 3.05) is 31.0 Å². The number of hydrogen-bond donors (Lipinski definition) is 4. The van der Waals surface area contributed by atoms with Gasteiger partial charge in [-0.2, -0.15) is 4.98 Å². The van der Waals surface area contributed by atoms with Crippen LogP contribution in [0.3, 0.4) is 0 Å². The predicted molar refractivity (Wildman–Crippen MR) is 121 cm³/mol. The zero-order valence-corrected chi connectivity index (χ0v) is 18.1. The molecule has 2 aromatic carbocycles. The van der Waals surface area contributed by atoms with Gasteiger partial charge in [-0.1, -0.05) is 30.3 Å². The van der Waals surface area contributed by atoms with Crippen molar-refractivity contribution >= 4 is 29.4 Å². The Hall–Kier alpha value is -4.18. The Balaban J connectivity index is 1.94. The number of carboxylic acids is 1. The van der Waals surface area contributed by atoms with Crippen molar-refractivity contribution in [3.05, 3.63) is 71.4 Å². The Morgan fingerprint density at radius 3 is 2.52 bits per heavy atom. The number of aliphatic hydroxyl groups excluding tert-OH is 1. The lowest BCUT2D eigenvalue weighted by Crippen LogP contribution is -2.19. The predicted octanol–water partition coefficient (Wildman–Crippen LogP) is 3.25. The van der Waals surface area contributed by atoms with E-state index in [9.17, 15) is 19.8 Å². The fraction of sp³-hybridized carbons (Fsp3) is 0.217. The summed E-state index contributed by atoms with van der Waals surface area (Å²) in [4.78, 5) is 32.3. The van der Waals surface area contributed by atoms with Gasteiger partial charge in [0.1, 0.15) is 22.7 Å². The molecule has 1 aromatic heterocycles. The molecule has 10 nitrogen and oxygen atoms in total. The minimum Gasteiger partial charge on any atom is -0.496 e. The Morgan fingerprint density at radius 1 is 1.12 bits per heavy atom. The number of esters is 1. The lowest BCUT2D eigenvalue weighted by atomic mass is 10.1. The highest BCUT2D eigenvalue weighted by molar-refractivity contribution is 5.94. The quantitative estimate of drug-likeness (QED) is 0.338. The number of hydrogen-bond acceptors (Lipinski definition) is 9. The molecule has 172 valence electrons. The van der Waals surface area contributed by atoms with Crippen LogP contribution in [0.5, 0.6) is 5.75 Å². The van der Waals surface area contributed by atoms with Gasteiger partial charge in [0.05, 0.1) is 26.4 Å². The van der Waals surface area contributed by atoms with Crippen molar-refractivity contribution < 1.29 is 29.3 Å². The zero-order chi connectivity index (χ0) is 23.8. The lowest BCUT2D eigenvalue weighted by molar-refractivity contribution is 0.0526. The maximum atomic E-state index is 12.4. The summed E-state index contributed by atoms with van der Waals surface area (Å²) in [6, 6.07) is 13.1. The molecule has 0 fully saturated rings. The third-order valence-electron chi connectivity index (χ3n) is 4.67. The number of benzene rings is 2. The van der Waals surface area contributed by atoms with E-state index in [1.165, 1.54) is 25.4 Å². The monoisotopic (exact) mass is 452 g/mol. The van der Waals surface area contributed by atoms with E-state index in [0.29, 0.717) is 5.69 Å². The number of methoxy groups -OCH3 is 1. The standard InChI is InChI=1S/C23H24N4O6/c1-3-33-22(31)17-12-24-23(25-15-9-10-16(21(29)30)19(11-15)32-2)27-20(17)26-18(13-28)14-7-5-4-6-8-14/h4-12,18,28H,3,13H2,1-2H3,(H,29,30)(H2,24,25,26,27)/t18-/m1/s1. The second kappa shape index (κ2) is 10.9. The molecule has 0 unspecified atom stereocenters. The Labute approximate surface area is 190 Å². The number of aromatic carboxylic acids is 1. The average Bonchev–Trinajstić information content (AvgIpc) is 2.83. The van der Waals surface area contributed by atoms with Crippen LogP contribution in [0.2, 0.25) is 0 Å². The smallest absolute Gasteiger partial charge is 0.343 e. The van der Waals surface area contributed by atoms with Crippen LogP contribution in [0, 0.1) is 0 Å². The van der Waals surface area contributed by atoms with Crippen LogP contribution in [0.15, 0.2) is 54.7 Å². The number of nitrogens with one attached hydrogen (secondary N) is 2. The van der Waals surface area contributed by atoms with Gasteiger partial charge >= 0.3 is 11.9 Å². The highest BCUT2D eigenvalue weighted by Gasteiger charge is 2.20. The van der Waals surface area contributed by atoms with E-state index < -0.39 is 18.0 Å². The molecule has 0 aliphatic heterocycles. The molecule has 1 atom stereocenters. The van der Waals surface area contributed by atoms with Crippen LogP contribution in [0.25, 0.3) is 0 Å². The van der Waals surface area contributed by atoms with E-state index in [2.05, 4.69) is 20.6 Å². The molecule has 0 saturated heterocycles. The van der Waals surface area contributed by atoms with Gasteiger partial charge in [-0.25, -0.2) is 14.6 Å². The molecule has 4 N–H and O–H groups in total. The van der Waals surface area contributed by atoms with Crippen molar-refractivity contribution in [3.8, 4) is 5.75 Å². The van der Waals surface area contributed by atoms with Gasteiger partial charge in [0, 0.05) is 18.0 Å². The molecule has 0 aliphatic rings. The van der Waals surface area contributed by atoms with E-state index in [1.807, 2.05) is 30.3 Å². The largest absolute Gasteiger partial charge is 0.496 e. The zero-order valence-electron chi connectivity index (χ0n) is 18.1. The molecule has 0 spiro atoms. The SMILES string of the molecule is CCOC(=O)c1cnc(Nc2ccc(C(=O)O)c(OC)c2)nc1N[C@H](CO)c1ccccc1. The van der Waals surface area contributed by atoms with E-state index in [4.69, 9.17) is 9.47 Å². The lowest BCUT2D eigenvalue weighted by Gasteiger charge is -2.19. The highest BCUT2D eigenvalue weighted by Crippen LogP contribution is 2.27. The molecule has 0 aliphatic carbocycles. The number of anilines is 3. The van der Waals surface area contributed by atoms with Crippen LogP contribution >= 0.6 is 0 Å². The minimum atomic E-state index is -1.11. The van der Waals surface area contributed by atoms with Crippen molar-refractivity contribution in [2.45, 2.75) is 13.0 Å². The number of aromatic nitrogens is 2. The molecular weight excluding hydrogens is 428 g/mol. The van der Waals surface area contributed by atoms with Crippen LogP contribution < -0.4 is 15.4 Å². The maximum Gasteiger partial charge on any atom is 0.343 e. The Bertz CT molecular complexity index is 1120. The number of ether oxygens (including phenoxy) is 2. The van der Waals surface area contributed by atoms with Gasteiger partial charge in [0.2, 0.25) is 5.95 Å². The normalized spacial score (nSPS) is 11.4. The molecule has 0 radical (unpaired) electrons. The second-order valence-electron chi connectivity index (χ2n) is 6.81. The summed E-state index contributed by atoms with van der Waals surface area (Å²) in [7, 11) is 1.37. The summed E-state index contributed by atoms with van der Waals surface area (Å²) in [5, 5.41) is 25.2. The second-order valence-corrected chi connectivity index (χ2v) is 6.81. The first-order valence-electron chi connectivity index (χ1n) is 10.1. The van der Waals surface area contributed by atoms with Crippen molar-refractivity contribution in [1.82, 2.24) is 9.97 Å². The van der Waals surface area contributed by atoms with E-state index in [0.717, 1.165) is 5.56 Å². The van der Waals surface area contributed by atoms with Gasteiger partial charge in [0.25, 0.3) is 0 Å². The number of nitrogens with zero attached hydrogens (tertiary/aromatic N) is 2. The molecule has 3 aromatic rings. The molecule has 0 bridgehead atoms. The summed E-state index contributed by atoms with van der Waals surface area (Å²) in [5.74, 6) is -1.25. The van der Waals surface area contributed by atoms with Crippen LogP contribution in [0.4, 0.5) is 17.5 Å². The highest BCUT2D eigenvalue weighted by atomic mass is 16.5. The van der Waals surface area contributed by atoms with Crippen LogP contribution in [-0.4, -0.2) is 52.4 Å². The van der Waals surface area contributed by atoms with Crippen molar-refractivity contribution in [1.29, 1.82) is 0 Å². The number of carbonyl (C=O) groups is 2. The van der Waals surface area contributed by atoms with Gasteiger partial charge in [-0.05, 0) is 24.6 Å². The molecule has 33 heavy (non-hydrogen) atoms. The molecule has 10 heteroatoms. The fourth-order valence-corrected chi connectivity index (χ4v) is 3.07. The van der Waals surface area contributed by atoms with Gasteiger partial charge < -0.3 is 30.3 Å². The number of carboxylic acid groups (broad SMARTS) is 1. The van der Waals surface area contributed by atoms with Crippen LogP contribution in [-0.2, 0) is 4.74 Å². The van der Waals surface area contributed by atoms with Gasteiger partial charge in [-0.3, -0.25) is 0 Å². The molecule has 0 saturated carbocycles. The summed E-state index contributed by atoms with van der Waals surface area (Å²) in [6.07, 6.45) is 1.32. The maximum absolute atomic E-state index is 12.4. The summed E-state index contributed by atoms with van der Waals surface area (Å²) < 4.78 is 10.2. The molecule has 0 amide bonds. The van der Waals surface area contributed by atoms with Crippen molar-refractivity contribution in [2.24, 2.45) is 0 Å². The first-order chi connectivity index (χ1) is 16.0. The minimum absolute atomic E-state index is 0.0117.